The first-order valence-electron chi connectivity index (χ1n) is 14.1. The Labute approximate surface area is 236 Å². The van der Waals surface area contributed by atoms with Crippen LogP contribution in [-0.4, -0.2) is 99.0 Å². The number of carbonyl (C=O) groups excluding carboxylic acids is 1. The summed E-state index contributed by atoms with van der Waals surface area (Å²) in [5.74, 6) is 0.800. The average molecular weight is 546 g/mol. The Morgan fingerprint density at radius 1 is 1.02 bits per heavy atom. The van der Waals surface area contributed by atoms with Crippen molar-refractivity contribution < 1.29 is 14.4 Å². The van der Waals surface area contributed by atoms with Gasteiger partial charge in [-0.3, -0.25) is 5.32 Å². The molecular formula is C30H39N7O3. The van der Waals surface area contributed by atoms with E-state index in [1.165, 1.54) is 5.56 Å². The summed E-state index contributed by atoms with van der Waals surface area (Å²) >= 11 is 0. The second-order valence-electron chi connectivity index (χ2n) is 10.6. The molecule has 5 rings (SSSR count). The zero-order valence-corrected chi connectivity index (χ0v) is 23.5. The molecule has 0 atom stereocenters. The van der Waals surface area contributed by atoms with Gasteiger partial charge in [0.1, 0.15) is 5.75 Å². The van der Waals surface area contributed by atoms with E-state index in [9.17, 15) is 10.1 Å². The minimum Gasteiger partial charge on any atom is -0.495 e. The Balaban J connectivity index is 1.03. The quantitative estimate of drug-likeness (QED) is 0.391. The summed E-state index contributed by atoms with van der Waals surface area (Å²) in [5, 5.41) is 15.0. The molecule has 0 radical (unpaired) electrons. The SMILES string of the molecule is COc1ccc(NC(=O)ON2CCN(CCCCc3c[nH]c4ccc(C#N)cc34)CC2)cc1N1CCN(C)CC1. The molecule has 40 heavy (non-hydrogen) atoms. The van der Waals surface area contributed by atoms with E-state index in [1.54, 1.807) is 12.2 Å². The lowest BCUT2D eigenvalue weighted by Crippen LogP contribution is -2.47. The lowest BCUT2D eigenvalue weighted by atomic mass is 10.1. The minimum absolute atomic E-state index is 0.471. The second-order valence-corrected chi connectivity index (χ2v) is 10.6. The van der Waals surface area contributed by atoms with Gasteiger partial charge in [0.15, 0.2) is 0 Å². The number of carbonyl (C=O) groups is 1. The number of nitrogens with zero attached hydrogens (tertiary/aromatic N) is 5. The van der Waals surface area contributed by atoms with Crippen LogP contribution in [0.2, 0.25) is 0 Å². The number of hydrogen-bond donors (Lipinski definition) is 2. The van der Waals surface area contributed by atoms with Crippen LogP contribution < -0.4 is 15.0 Å². The molecule has 0 bridgehead atoms. The molecule has 1 aromatic heterocycles. The number of amides is 1. The summed E-state index contributed by atoms with van der Waals surface area (Å²) in [4.78, 5) is 28.6. The van der Waals surface area contributed by atoms with Crippen LogP contribution in [0, 0.1) is 11.3 Å². The highest BCUT2D eigenvalue weighted by atomic mass is 16.7. The van der Waals surface area contributed by atoms with Crippen LogP contribution in [0.25, 0.3) is 10.9 Å². The molecular weight excluding hydrogens is 506 g/mol. The fraction of sp³-hybridized carbons (Fsp3) is 0.467. The van der Waals surface area contributed by atoms with Crippen molar-refractivity contribution >= 4 is 28.4 Å². The molecule has 10 nitrogen and oxygen atoms in total. The van der Waals surface area contributed by atoms with Crippen molar-refractivity contribution in [2.24, 2.45) is 0 Å². The van der Waals surface area contributed by atoms with Crippen molar-refractivity contribution in [3.8, 4) is 11.8 Å². The summed E-state index contributed by atoms with van der Waals surface area (Å²) in [6.45, 7) is 7.92. The van der Waals surface area contributed by atoms with E-state index in [4.69, 9.17) is 9.57 Å². The molecule has 1 amide bonds. The number of benzene rings is 2. The fourth-order valence-electron chi connectivity index (χ4n) is 5.47. The number of ether oxygens (including phenoxy) is 1. The number of nitrogens with one attached hydrogen (secondary N) is 2. The number of aromatic nitrogens is 1. The molecule has 2 saturated heterocycles. The van der Waals surface area contributed by atoms with Crippen molar-refractivity contribution in [3.05, 3.63) is 53.7 Å². The summed E-state index contributed by atoms with van der Waals surface area (Å²) < 4.78 is 5.57. The highest BCUT2D eigenvalue weighted by Crippen LogP contribution is 2.32. The Morgan fingerprint density at radius 3 is 2.58 bits per heavy atom. The number of anilines is 2. The third-order valence-electron chi connectivity index (χ3n) is 7.88. The van der Waals surface area contributed by atoms with E-state index < -0.39 is 6.09 Å². The Bertz CT molecular complexity index is 1330. The lowest BCUT2D eigenvalue weighted by Gasteiger charge is -2.35. The topological polar surface area (TPSA) is 100 Å². The molecule has 212 valence electrons. The van der Waals surface area contributed by atoms with Crippen molar-refractivity contribution in [1.82, 2.24) is 19.8 Å². The van der Waals surface area contributed by atoms with Crippen LogP contribution >= 0.6 is 0 Å². The zero-order chi connectivity index (χ0) is 27.9. The van der Waals surface area contributed by atoms with Gasteiger partial charge in [0.25, 0.3) is 0 Å². The van der Waals surface area contributed by atoms with Gasteiger partial charge < -0.3 is 29.3 Å². The van der Waals surface area contributed by atoms with Crippen LogP contribution in [-0.2, 0) is 11.3 Å². The highest BCUT2D eigenvalue weighted by Gasteiger charge is 2.22. The van der Waals surface area contributed by atoms with Gasteiger partial charge >= 0.3 is 6.09 Å². The molecule has 3 heterocycles. The molecule has 3 aromatic rings. The fourth-order valence-corrected chi connectivity index (χ4v) is 5.47. The number of nitriles is 1. The maximum Gasteiger partial charge on any atom is 0.430 e. The van der Waals surface area contributed by atoms with Crippen LogP contribution in [0.1, 0.15) is 24.0 Å². The maximum atomic E-state index is 12.6. The van der Waals surface area contributed by atoms with Gasteiger partial charge in [0, 0.05) is 75.1 Å². The second kappa shape index (κ2) is 13.0. The third-order valence-corrected chi connectivity index (χ3v) is 7.88. The number of aromatic amines is 1. The number of methoxy groups -OCH3 is 1. The van der Waals surface area contributed by atoms with Gasteiger partial charge in [-0.2, -0.15) is 5.26 Å². The van der Waals surface area contributed by atoms with E-state index in [2.05, 4.69) is 44.3 Å². The molecule has 2 fully saturated rings. The van der Waals surface area contributed by atoms with E-state index in [1.807, 2.05) is 36.4 Å². The standard InChI is InChI=1S/C30H39N7O3/c1-34-11-15-36(16-12-34)28-20-25(7-9-29(28)39-2)33-30(38)40-37-17-13-35(14-18-37)10-4-3-5-24-22-32-27-8-6-23(21-31)19-26(24)27/h6-9,19-20,22,32H,3-5,10-18H2,1-2H3,(H,33,38). The minimum atomic E-state index is -0.471. The van der Waals surface area contributed by atoms with Gasteiger partial charge in [0.05, 0.1) is 24.4 Å². The summed E-state index contributed by atoms with van der Waals surface area (Å²) in [6.07, 6.45) is 4.76. The van der Waals surface area contributed by atoms with E-state index in [0.717, 1.165) is 87.4 Å². The van der Waals surface area contributed by atoms with Crippen LogP contribution in [0.4, 0.5) is 16.2 Å². The van der Waals surface area contributed by atoms with Crippen molar-refractivity contribution in [2.75, 3.05) is 83.3 Å². The first-order valence-corrected chi connectivity index (χ1v) is 14.1. The molecule has 0 saturated carbocycles. The third kappa shape index (κ3) is 6.86. The number of aryl methyl sites for hydroxylation is 1. The summed E-state index contributed by atoms with van der Waals surface area (Å²) in [7, 11) is 3.80. The van der Waals surface area contributed by atoms with Gasteiger partial charge in [-0.05, 0) is 74.8 Å². The Kier molecular flexibility index (Phi) is 9.06. The first-order chi connectivity index (χ1) is 19.5. The number of unbranched alkanes of at least 4 members (excludes halogenated alkanes) is 1. The van der Waals surface area contributed by atoms with Gasteiger partial charge in [-0.25, -0.2) is 4.79 Å². The molecule has 2 N–H and O–H groups in total. The number of piperazine rings is 2. The monoisotopic (exact) mass is 545 g/mol. The molecule has 2 aliphatic rings. The van der Waals surface area contributed by atoms with E-state index in [0.29, 0.717) is 24.3 Å². The first kappa shape index (κ1) is 27.8. The number of fused-ring (bicyclic) bond motifs is 1. The molecule has 2 aliphatic heterocycles. The number of rotatable bonds is 9. The van der Waals surface area contributed by atoms with Gasteiger partial charge in [-0.1, -0.05) is 0 Å². The lowest BCUT2D eigenvalue weighted by molar-refractivity contribution is -0.118. The molecule has 0 spiro atoms. The Hall–Kier alpha value is -3.78. The van der Waals surface area contributed by atoms with E-state index >= 15 is 0 Å². The van der Waals surface area contributed by atoms with Gasteiger partial charge in [0.2, 0.25) is 0 Å². The normalized spacial score (nSPS) is 17.1. The number of likely N-dealkylation sites (N-methyl/N-ethyl adjacent to an activating group) is 1. The van der Waals surface area contributed by atoms with Gasteiger partial charge in [-0.15, -0.1) is 5.06 Å². The predicted octanol–water partition coefficient (Wildman–Crippen LogP) is 3.90. The van der Waals surface area contributed by atoms with E-state index in [-0.39, 0.29) is 0 Å². The number of hydrogen-bond acceptors (Lipinski definition) is 8. The predicted molar refractivity (Wildman–Crippen MR) is 157 cm³/mol. The van der Waals surface area contributed by atoms with Crippen LogP contribution in [0.3, 0.4) is 0 Å². The summed E-state index contributed by atoms with van der Waals surface area (Å²) in [6, 6.07) is 13.7. The highest BCUT2D eigenvalue weighted by molar-refractivity contribution is 5.86. The molecule has 10 heteroatoms. The molecule has 0 aliphatic carbocycles. The molecule has 0 unspecified atom stereocenters. The van der Waals surface area contributed by atoms with Crippen LogP contribution in [0.5, 0.6) is 5.75 Å². The smallest absolute Gasteiger partial charge is 0.430 e. The number of H-pyrrole nitrogens is 1. The Morgan fingerprint density at radius 2 is 1.82 bits per heavy atom. The van der Waals surface area contributed by atoms with Crippen LogP contribution in [0.15, 0.2) is 42.6 Å². The van der Waals surface area contributed by atoms with Crippen molar-refractivity contribution in [3.63, 3.8) is 0 Å². The van der Waals surface area contributed by atoms with Crippen molar-refractivity contribution in [1.29, 1.82) is 5.26 Å². The number of hydroxylamine groups is 2. The average Bonchev–Trinajstić information content (AvgIpc) is 3.38. The van der Waals surface area contributed by atoms with Crippen molar-refractivity contribution in [2.45, 2.75) is 19.3 Å². The molecule has 2 aromatic carbocycles. The zero-order valence-electron chi connectivity index (χ0n) is 23.5. The largest absolute Gasteiger partial charge is 0.495 e. The maximum absolute atomic E-state index is 12.6. The summed E-state index contributed by atoms with van der Waals surface area (Å²) in [5.41, 5.74) is 4.72.